The van der Waals surface area contributed by atoms with Crippen LogP contribution in [0.3, 0.4) is 0 Å². The highest BCUT2D eigenvalue weighted by atomic mass is 32.1. The van der Waals surface area contributed by atoms with Gasteiger partial charge in [0.25, 0.3) is 0 Å². The Bertz CT molecular complexity index is 1390. The standard InChI is InChI=1S/C26H21FN2O3S/c1-17-12-13-29(28-17)14-15-31-21-7-9-22(10-8-21)32-25-23-11-6-20(30)16-24(23)33-26(25)18-2-4-19(27)5-3-18/h2-13,16,30H,14-15H2,1H3. The van der Waals surface area contributed by atoms with Gasteiger partial charge in [0.2, 0.25) is 0 Å². The lowest BCUT2D eigenvalue weighted by Crippen LogP contribution is -2.08. The first-order valence-corrected chi connectivity index (χ1v) is 11.3. The summed E-state index contributed by atoms with van der Waals surface area (Å²) < 4.78 is 28.3. The van der Waals surface area contributed by atoms with Crippen molar-refractivity contribution in [2.24, 2.45) is 0 Å². The van der Waals surface area contributed by atoms with Gasteiger partial charge < -0.3 is 14.6 Å². The fourth-order valence-corrected chi connectivity index (χ4v) is 4.69. The second-order valence-corrected chi connectivity index (χ2v) is 8.64. The van der Waals surface area contributed by atoms with E-state index in [-0.39, 0.29) is 11.6 Å². The average Bonchev–Trinajstić information content (AvgIpc) is 3.38. The number of thiophene rings is 1. The van der Waals surface area contributed by atoms with Crippen LogP contribution in [0.25, 0.3) is 20.5 Å². The topological polar surface area (TPSA) is 56.5 Å². The number of hydrogen-bond donors (Lipinski definition) is 1. The largest absolute Gasteiger partial charge is 0.508 e. The number of phenols is 1. The normalized spacial score (nSPS) is 11.1. The van der Waals surface area contributed by atoms with E-state index >= 15 is 0 Å². The van der Waals surface area contributed by atoms with Crippen molar-refractivity contribution in [1.29, 1.82) is 0 Å². The summed E-state index contributed by atoms with van der Waals surface area (Å²) in [5, 5.41) is 15.1. The predicted molar refractivity (Wildman–Crippen MR) is 128 cm³/mol. The van der Waals surface area contributed by atoms with Gasteiger partial charge in [0.05, 0.1) is 17.1 Å². The van der Waals surface area contributed by atoms with Crippen molar-refractivity contribution >= 4 is 21.4 Å². The number of aryl methyl sites for hydroxylation is 1. The molecule has 0 aliphatic rings. The predicted octanol–water partition coefficient (Wildman–Crippen LogP) is 6.79. The Morgan fingerprint density at radius 1 is 0.970 bits per heavy atom. The fourth-order valence-electron chi connectivity index (χ4n) is 3.52. The number of aromatic hydroxyl groups is 1. The highest BCUT2D eigenvalue weighted by molar-refractivity contribution is 7.22. The third kappa shape index (κ3) is 4.68. The summed E-state index contributed by atoms with van der Waals surface area (Å²) in [6, 6.07) is 20.9. The van der Waals surface area contributed by atoms with Gasteiger partial charge >= 0.3 is 0 Å². The smallest absolute Gasteiger partial charge is 0.153 e. The summed E-state index contributed by atoms with van der Waals surface area (Å²) in [5.74, 6) is 1.96. The first kappa shape index (κ1) is 21.0. The Labute approximate surface area is 194 Å². The number of halogens is 1. The van der Waals surface area contributed by atoms with E-state index in [9.17, 15) is 9.50 Å². The summed E-state index contributed by atoms with van der Waals surface area (Å²) in [5.41, 5.74) is 1.83. The van der Waals surface area contributed by atoms with Crippen molar-refractivity contribution in [2.45, 2.75) is 13.5 Å². The lowest BCUT2D eigenvalue weighted by Gasteiger charge is -2.10. The minimum absolute atomic E-state index is 0.188. The van der Waals surface area contributed by atoms with Gasteiger partial charge in [-0.05, 0) is 73.2 Å². The molecule has 0 amide bonds. The minimum atomic E-state index is -0.293. The summed E-state index contributed by atoms with van der Waals surface area (Å²) in [6.07, 6.45) is 1.93. The molecule has 0 aliphatic carbocycles. The Hall–Kier alpha value is -3.84. The van der Waals surface area contributed by atoms with E-state index in [1.165, 1.54) is 23.5 Å². The zero-order chi connectivity index (χ0) is 22.8. The Balaban J connectivity index is 1.36. The highest BCUT2D eigenvalue weighted by Gasteiger charge is 2.17. The van der Waals surface area contributed by atoms with Gasteiger partial charge in [0, 0.05) is 16.3 Å². The van der Waals surface area contributed by atoms with Crippen LogP contribution in [0.5, 0.6) is 23.0 Å². The molecule has 0 spiro atoms. The fraction of sp³-hybridized carbons (Fsp3) is 0.115. The van der Waals surface area contributed by atoms with Crippen molar-refractivity contribution in [2.75, 3.05) is 6.61 Å². The van der Waals surface area contributed by atoms with Crippen LogP contribution in [0, 0.1) is 12.7 Å². The van der Waals surface area contributed by atoms with Gasteiger partial charge in [-0.3, -0.25) is 4.68 Å². The van der Waals surface area contributed by atoms with Crippen molar-refractivity contribution < 1.29 is 19.0 Å². The second-order valence-electron chi connectivity index (χ2n) is 7.59. The van der Waals surface area contributed by atoms with E-state index in [0.717, 1.165) is 32.0 Å². The zero-order valence-corrected chi connectivity index (χ0v) is 18.7. The lowest BCUT2D eigenvalue weighted by atomic mass is 10.1. The molecule has 166 valence electrons. The van der Waals surface area contributed by atoms with Gasteiger partial charge in [-0.2, -0.15) is 5.10 Å². The Kier molecular flexibility index (Phi) is 5.71. The van der Waals surface area contributed by atoms with Crippen molar-refractivity contribution in [3.63, 3.8) is 0 Å². The molecule has 33 heavy (non-hydrogen) atoms. The Morgan fingerprint density at radius 2 is 1.73 bits per heavy atom. The zero-order valence-electron chi connectivity index (χ0n) is 17.9. The van der Waals surface area contributed by atoms with Crippen LogP contribution in [-0.4, -0.2) is 21.5 Å². The third-order valence-electron chi connectivity index (χ3n) is 5.14. The van der Waals surface area contributed by atoms with Crippen LogP contribution in [0.15, 0.2) is 79.0 Å². The van der Waals surface area contributed by atoms with Crippen molar-refractivity contribution in [3.05, 3.63) is 90.5 Å². The molecule has 2 aromatic heterocycles. The SMILES string of the molecule is Cc1ccn(CCOc2ccc(Oc3c(-c4ccc(F)cc4)sc4cc(O)ccc34)cc2)n1. The number of ether oxygens (including phenoxy) is 2. The second kappa shape index (κ2) is 8.96. The van der Waals surface area contributed by atoms with Crippen LogP contribution in [0.1, 0.15) is 5.69 Å². The van der Waals surface area contributed by atoms with E-state index < -0.39 is 0 Å². The molecular formula is C26H21FN2O3S. The van der Waals surface area contributed by atoms with Crippen LogP contribution in [0.2, 0.25) is 0 Å². The van der Waals surface area contributed by atoms with Gasteiger partial charge in [-0.15, -0.1) is 11.3 Å². The first-order chi connectivity index (χ1) is 16.0. The van der Waals surface area contributed by atoms with E-state index in [2.05, 4.69) is 5.10 Å². The first-order valence-electron chi connectivity index (χ1n) is 10.5. The number of fused-ring (bicyclic) bond motifs is 1. The molecular weight excluding hydrogens is 439 g/mol. The number of hydrogen-bond acceptors (Lipinski definition) is 5. The van der Waals surface area contributed by atoms with Crippen LogP contribution >= 0.6 is 11.3 Å². The number of phenolic OH excluding ortho intramolecular Hbond substituents is 1. The molecule has 7 heteroatoms. The highest BCUT2D eigenvalue weighted by Crippen LogP contribution is 2.47. The number of aromatic nitrogens is 2. The maximum absolute atomic E-state index is 13.5. The summed E-state index contributed by atoms with van der Waals surface area (Å²) >= 11 is 1.49. The number of rotatable bonds is 7. The maximum Gasteiger partial charge on any atom is 0.153 e. The van der Waals surface area contributed by atoms with Crippen molar-refractivity contribution in [1.82, 2.24) is 9.78 Å². The molecule has 5 aromatic rings. The molecule has 0 unspecified atom stereocenters. The molecule has 0 atom stereocenters. The molecule has 0 saturated heterocycles. The molecule has 2 heterocycles. The van der Waals surface area contributed by atoms with Gasteiger partial charge in [-0.25, -0.2) is 4.39 Å². The van der Waals surface area contributed by atoms with Crippen LogP contribution < -0.4 is 9.47 Å². The lowest BCUT2D eigenvalue weighted by molar-refractivity contribution is 0.290. The van der Waals surface area contributed by atoms with Crippen molar-refractivity contribution in [3.8, 4) is 33.4 Å². The Morgan fingerprint density at radius 3 is 2.45 bits per heavy atom. The van der Waals surface area contributed by atoms with E-state index in [4.69, 9.17) is 9.47 Å². The third-order valence-corrected chi connectivity index (χ3v) is 6.32. The summed E-state index contributed by atoms with van der Waals surface area (Å²) in [6.45, 7) is 3.13. The summed E-state index contributed by atoms with van der Waals surface area (Å²) in [7, 11) is 0. The monoisotopic (exact) mass is 460 g/mol. The van der Waals surface area contributed by atoms with E-state index in [0.29, 0.717) is 24.7 Å². The van der Waals surface area contributed by atoms with Crippen LogP contribution in [-0.2, 0) is 6.54 Å². The molecule has 5 rings (SSSR count). The molecule has 3 aromatic carbocycles. The van der Waals surface area contributed by atoms with E-state index in [1.807, 2.05) is 54.2 Å². The maximum atomic E-state index is 13.5. The molecule has 5 nitrogen and oxygen atoms in total. The number of benzene rings is 3. The quantitative estimate of drug-likeness (QED) is 0.291. The van der Waals surface area contributed by atoms with Gasteiger partial charge in [0.15, 0.2) is 5.75 Å². The van der Waals surface area contributed by atoms with E-state index in [1.54, 1.807) is 24.3 Å². The minimum Gasteiger partial charge on any atom is -0.508 e. The molecule has 0 bridgehead atoms. The van der Waals surface area contributed by atoms with Gasteiger partial charge in [-0.1, -0.05) is 12.1 Å². The number of nitrogens with zero attached hydrogens (tertiary/aromatic N) is 2. The summed E-state index contributed by atoms with van der Waals surface area (Å²) in [4.78, 5) is 0.866. The van der Waals surface area contributed by atoms with Crippen LogP contribution in [0.4, 0.5) is 4.39 Å². The van der Waals surface area contributed by atoms with Gasteiger partial charge in [0.1, 0.15) is 29.7 Å². The molecule has 0 fully saturated rings. The average molecular weight is 461 g/mol. The molecule has 0 radical (unpaired) electrons. The molecule has 0 aliphatic heterocycles. The molecule has 1 N–H and O–H groups in total. The molecule has 0 saturated carbocycles.